The average molecular weight is 582 g/mol. The number of rotatable bonds is 6. The Hall–Kier alpha value is -4.64. The molecule has 1 unspecified atom stereocenters. The summed E-state index contributed by atoms with van der Waals surface area (Å²) < 4.78 is 67.0. The third-order valence-corrected chi connectivity index (χ3v) is 7.61. The first-order chi connectivity index (χ1) is 19.2. The molecule has 0 radical (unpaired) electrons. The maximum absolute atomic E-state index is 13.7. The van der Waals surface area contributed by atoms with Gasteiger partial charge < -0.3 is 10.1 Å². The standard InChI is InChI=1S/C30H26F3N3O4S/c1-30(2,3)40-29(38)36-26-15-8-20(18-4-9-21(31)10-5-18)16-27(26)35-28(37)19-6-11-22(12-7-19)41(34,39)23-13-14-24(32)25(33)17-23/h4-17,34H,1-3H3,(H,35,37)(H,36,38). The van der Waals surface area contributed by atoms with Gasteiger partial charge in [-0.05, 0) is 98.6 Å². The third-order valence-electron chi connectivity index (χ3n) is 5.75. The molecule has 3 N–H and O–H groups in total. The fraction of sp³-hybridized carbons (Fsp3) is 0.133. The van der Waals surface area contributed by atoms with Crippen molar-refractivity contribution in [1.82, 2.24) is 0 Å². The second-order valence-electron chi connectivity index (χ2n) is 10.0. The van der Waals surface area contributed by atoms with Crippen molar-refractivity contribution in [3.63, 3.8) is 0 Å². The second-order valence-corrected chi connectivity index (χ2v) is 12.1. The average Bonchev–Trinajstić information content (AvgIpc) is 2.90. The minimum Gasteiger partial charge on any atom is -0.444 e. The van der Waals surface area contributed by atoms with E-state index >= 15 is 0 Å². The first-order valence-corrected chi connectivity index (χ1v) is 13.8. The zero-order chi connectivity index (χ0) is 29.9. The van der Waals surface area contributed by atoms with Crippen LogP contribution in [0.15, 0.2) is 94.7 Å². The van der Waals surface area contributed by atoms with E-state index in [4.69, 9.17) is 9.52 Å². The number of ether oxygens (including phenoxy) is 1. The van der Waals surface area contributed by atoms with Gasteiger partial charge in [0.05, 0.1) is 21.2 Å². The maximum atomic E-state index is 13.7. The van der Waals surface area contributed by atoms with E-state index in [0.717, 1.165) is 12.1 Å². The van der Waals surface area contributed by atoms with Crippen LogP contribution in [0.2, 0.25) is 0 Å². The van der Waals surface area contributed by atoms with E-state index in [1.165, 1.54) is 36.4 Å². The number of anilines is 2. The van der Waals surface area contributed by atoms with Gasteiger partial charge in [-0.25, -0.2) is 27.0 Å². The Kier molecular flexibility index (Phi) is 8.20. The van der Waals surface area contributed by atoms with Crippen LogP contribution >= 0.6 is 0 Å². The lowest BCUT2D eigenvalue weighted by molar-refractivity contribution is 0.0635. The van der Waals surface area contributed by atoms with Crippen molar-refractivity contribution >= 4 is 33.1 Å². The second kappa shape index (κ2) is 11.5. The topological polar surface area (TPSA) is 108 Å². The fourth-order valence-electron chi connectivity index (χ4n) is 3.78. The van der Waals surface area contributed by atoms with Crippen molar-refractivity contribution in [2.75, 3.05) is 10.6 Å². The summed E-state index contributed by atoms with van der Waals surface area (Å²) in [7, 11) is -3.68. The Morgan fingerprint density at radius 2 is 1.34 bits per heavy atom. The Labute approximate surface area is 235 Å². The van der Waals surface area contributed by atoms with Crippen LogP contribution in [-0.2, 0) is 14.5 Å². The quantitative estimate of drug-likeness (QED) is 0.216. The molecule has 7 nitrogen and oxygen atoms in total. The van der Waals surface area contributed by atoms with Gasteiger partial charge in [-0.2, -0.15) is 0 Å². The smallest absolute Gasteiger partial charge is 0.412 e. The highest BCUT2D eigenvalue weighted by molar-refractivity contribution is 7.92. The van der Waals surface area contributed by atoms with Gasteiger partial charge in [0, 0.05) is 5.56 Å². The molecule has 0 heterocycles. The zero-order valence-corrected chi connectivity index (χ0v) is 23.1. The molecule has 0 aliphatic carbocycles. The summed E-state index contributed by atoms with van der Waals surface area (Å²) in [6, 6.07) is 18.4. The van der Waals surface area contributed by atoms with Gasteiger partial charge in [0.25, 0.3) is 5.91 Å². The molecule has 4 aromatic rings. The molecule has 4 aromatic carbocycles. The number of hydrogen-bond donors (Lipinski definition) is 3. The van der Waals surface area contributed by atoms with E-state index in [0.29, 0.717) is 17.2 Å². The summed E-state index contributed by atoms with van der Waals surface area (Å²) >= 11 is 0. The Bertz CT molecular complexity index is 1720. The lowest BCUT2D eigenvalue weighted by Crippen LogP contribution is -2.27. The summed E-state index contributed by atoms with van der Waals surface area (Å²) in [6.45, 7) is 5.12. The number of benzene rings is 4. The van der Waals surface area contributed by atoms with Crippen LogP contribution in [0.5, 0.6) is 0 Å². The van der Waals surface area contributed by atoms with E-state index in [1.54, 1.807) is 51.1 Å². The monoisotopic (exact) mass is 581 g/mol. The van der Waals surface area contributed by atoms with E-state index in [-0.39, 0.29) is 26.7 Å². The van der Waals surface area contributed by atoms with Crippen molar-refractivity contribution in [1.29, 1.82) is 4.78 Å². The molecule has 0 saturated heterocycles. The summed E-state index contributed by atoms with van der Waals surface area (Å²) in [5.41, 5.74) is 1.12. The number of nitrogens with one attached hydrogen (secondary N) is 3. The SMILES string of the molecule is CC(C)(C)OC(=O)Nc1ccc(-c2ccc(F)cc2)cc1NC(=O)c1ccc(S(=N)(=O)c2ccc(F)c(F)c2)cc1. The molecule has 0 bridgehead atoms. The minimum absolute atomic E-state index is 0.00866. The number of halogens is 3. The third kappa shape index (κ3) is 7.12. The largest absolute Gasteiger partial charge is 0.444 e. The Morgan fingerprint density at radius 1 is 0.732 bits per heavy atom. The number of carbonyl (C=O) groups is 2. The highest BCUT2D eigenvalue weighted by atomic mass is 32.2. The van der Waals surface area contributed by atoms with Crippen LogP contribution in [0.1, 0.15) is 31.1 Å². The molecule has 4 rings (SSSR count). The highest BCUT2D eigenvalue weighted by Crippen LogP contribution is 2.31. The first-order valence-electron chi connectivity index (χ1n) is 12.3. The Balaban J connectivity index is 1.62. The van der Waals surface area contributed by atoms with Gasteiger partial charge in [0.15, 0.2) is 11.6 Å². The lowest BCUT2D eigenvalue weighted by Gasteiger charge is -2.21. The molecule has 0 aromatic heterocycles. The van der Waals surface area contributed by atoms with Crippen molar-refractivity contribution < 1.29 is 31.7 Å². The summed E-state index contributed by atoms with van der Waals surface area (Å²) in [5.74, 6) is -3.35. The number of hydrogen-bond acceptors (Lipinski definition) is 5. The van der Waals surface area contributed by atoms with Crippen LogP contribution in [0.4, 0.5) is 29.3 Å². The van der Waals surface area contributed by atoms with Crippen LogP contribution in [0.3, 0.4) is 0 Å². The minimum atomic E-state index is -3.68. The predicted octanol–water partition coefficient (Wildman–Crippen LogP) is 7.83. The van der Waals surface area contributed by atoms with E-state index in [2.05, 4.69) is 10.6 Å². The van der Waals surface area contributed by atoms with Gasteiger partial charge in [-0.3, -0.25) is 10.1 Å². The molecule has 2 amide bonds. The molecular weight excluding hydrogens is 555 g/mol. The van der Waals surface area contributed by atoms with Crippen molar-refractivity contribution in [3.8, 4) is 11.1 Å². The molecule has 11 heteroatoms. The Morgan fingerprint density at radius 3 is 1.95 bits per heavy atom. The fourth-order valence-corrected chi connectivity index (χ4v) is 5.10. The first kappa shape index (κ1) is 29.3. The molecule has 212 valence electrons. The molecule has 0 aliphatic heterocycles. The number of amides is 2. The maximum Gasteiger partial charge on any atom is 0.412 e. The molecule has 0 spiro atoms. The van der Waals surface area contributed by atoms with E-state index in [1.807, 2.05) is 0 Å². The molecule has 41 heavy (non-hydrogen) atoms. The molecule has 0 saturated carbocycles. The molecule has 0 aliphatic rings. The van der Waals surface area contributed by atoms with Gasteiger partial charge in [-0.15, -0.1) is 0 Å². The summed E-state index contributed by atoms with van der Waals surface area (Å²) in [5, 5.41) is 5.34. The van der Waals surface area contributed by atoms with E-state index < -0.39 is 44.8 Å². The zero-order valence-electron chi connectivity index (χ0n) is 22.3. The number of carbonyl (C=O) groups excluding carboxylic acids is 2. The lowest BCUT2D eigenvalue weighted by atomic mass is 10.0. The van der Waals surface area contributed by atoms with Crippen molar-refractivity contribution in [2.24, 2.45) is 0 Å². The van der Waals surface area contributed by atoms with Crippen LogP contribution in [-0.4, -0.2) is 21.8 Å². The van der Waals surface area contributed by atoms with Gasteiger partial charge in [0.2, 0.25) is 0 Å². The molecule has 1 atom stereocenters. The van der Waals surface area contributed by atoms with Crippen LogP contribution < -0.4 is 10.6 Å². The molecular formula is C30H26F3N3O4S. The van der Waals surface area contributed by atoms with Crippen LogP contribution in [0.25, 0.3) is 11.1 Å². The molecule has 0 fully saturated rings. The summed E-state index contributed by atoms with van der Waals surface area (Å²) in [4.78, 5) is 25.4. The predicted molar refractivity (Wildman–Crippen MR) is 150 cm³/mol. The van der Waals surface area contributed by atoms with Gasteiger partial charge >= 0.3 is 6.09 Å². The van der Waals surface area contributed by atoms with Crippen molar-refractivity contribution in [3.05, 3.63) is 108 Å². The van der Waals surface area contributed by atoms with Gasteiger partial charge in [-0.1, -0.05) is 18.2 Å². The van der Waals surface area contributed by atoms with E-state index in [9.17, 15) is 27.0 Å². The summed E-state index contributed by atoms with van der Waals surface area (Å²) in [6.07, 6.45) is -0.741. The highest BCUT2D eigenvalue weighted by Gasteiger charge is 2.20. The normalized spacial score (nSPS) is 12.7. The van der Waals surface area contributed by atoms with Crippen molar-refractivity contribution in [2.45, 2.75) is 36.2 Å². The van der Waals surface area contributed by atoms with Crippen LogP contribution in [0, 0.1) is 22.2 Å². The van der Waals surface area contributed by atoms with Gasteiger partial charge in [0.1, 0.15) is 21.1 Å².